The van der Waals surface area contributed by atoms with Crippen molar-refractivity contribution in [2.45, 2.75) is 45.1 Å². The Hall–Kier alpha value is -4.19. The van der Waals surface area contributed by atoms with Gasteiger partial charge >= 0.3 is 6.09 Å². The van der Waals surface area contributed by atoms with Gasteiger partial charge in [-0.1, -0.05) is 38.1 Å². The summed E-state index contributed by atoms with van der Waals surface area (Å²) in [7, 11) is -1.28. The molecule has 1 aliphatic rings. The van der Waals surface area contributed by atoms with Crippen molar-refractivity contribution in [2.24, 2.45) is 5.92 Å². The standard InChI is InChI=1S/C30H37N5O6S/c1-19(2)15-23-18-41-26-17-25(27-20(3)9-7-10-21(27)4)31-29(32-26)33-42(38,39)24-12-8-11-22(16-24)28(36)35(23)14-13-34(5)30(37)40-6/h7-12,16-17,19,23H,13-15,18H2,1-6H3,(H,31,32,33)/t23-/m1/s1. The first kappa shape index (κ1) is 30.8. The predicted molar refractivity (Wildman–Crippen MR) is 159 cm³/mol. The smallest absolute Gasteiger partial charge is 0.409 e. The van der Waals surface area contributed by atoms with E-state index in [1.54, 1.807) is 24.1 Å². The van der Waals surface area contributed by atoms with E-state index in [1.807, 2.05) is 45.9 Å². The van der Waals surface area contributed by atoms with Gasteiger partial charge in [0.2, 0.25) is 11.8 Å². The molecule has 1 N–H and O–H groups in total. The summed E-state index contributed by atoms with van der Waals surface area (Å²) < 4.78 is 40.4. The third kappa shape index (κ3) is 6.99. The number of sulfonamides is 1. The fourth-order valence-corrected chi connectivity index (χ4v) is 5.99. The molecular formula is C30H37N5O6S. The maximum Gasteiger partial charge on any atom is 0.409 e. The number of amides is 2. The average molecular weight is 596 g/mol. The summed E-state index contributed by atoms with van der Waals surface area (Å²) in [5.74, 6) is -0.160. The van der Waals surface area contributed by atoms with Gasteiger partial charge in [-0.2, -0.15) is 4.98 Å². The van der Waals surface area contributed by atoms with Crippen LogP contribution in [0.1, 0.15) is 41.8 Å². The van der Waals surface area contributed by atoms with Crippen LogP contribution in [-0.2, 0) is 14.8 Å². The minimum atomic E-state index is -4.16. The topological polar surface area (TPSA) is 131 Å². The van der Waals surface area contributed by atoms with Gasteiger partial charge in [0, 0.05) is 37.3 Å². The molecule has 1 aliphatic heterocycles. The van der Waals surface area contributed by atoms with Crippen molar-refractivity contribution in [3.8, 4) is 17.1 Å². The highest BCUT2D eigenvalue weighted by Gasteiger charge is 2.29. The van der Waals surface area contributed by atoms with E-state index >= 15 is 0 Å². The molecule has 1 aromatic heterocycles. The second-order valence-corrected chi connectivity index (χ2v) is 12.5. The molecule has 0 unspecified atom stereocenters. The number of ether oxygens (including phenoxy) is 2. The Morgan fingerprint density at radius 1 is 1.14 bits per heavy atom. The highest BCUT2D eigenvalue weighted by Crippen LogP contribution is 2.30. The van der Waals surface area contributed by atoms with Gasteiger partial charge in [0.25, 0.3) is 15.9 Å². The van der Waals surface area contributed by atoms with Crippen molar-refractivity contribution >= 4 is 28.0 Å². The number of benzene rings is 2. The fourth-order valence-electron chi connectivity index (χ4n) is 5.00. The number of likely N-dealkylation sites (N-methyl/N-ethyl adjacent to an activating group) is 1. The second-order valence-electron chi connectivity index (χ2n) is 10.8. The van der Waals surface area contributed by atoms with E-state index in [0.29, 0.717) is 12.1 Å². The lowest BCUT2D eigenvalue weighted by Crippen LogP contribution is -2.48. The number of nitrogens with zero attached hydrogens (tertiary/aromatic N) is 4. The first-order chi connectivity index (χ1) is 19.9. The van der Waals surface area contributed by atoms with Crippen LogP contribution in [-0.4, -0.2) is 80.1 Å². The zero-order valence-corrected chi connectivity index (χ0v) is 25.6. The molecule has 4 rings (SSSR count). The number of fused-ring (bicyclic) bond motifs is 4. The number of nitrogens with one attached hydrogen (secondary N) is 1. The number of aromatic nitrogens is 2. The number of anilines is 1. The first-order valence-corrected chi connectivity index (χ1v) is 15.2. The van der Waals surface area contributed by atoms with Crippen LogP contribution in [0.3, 0.4) is 0 Å². The summed E-state index contributed by atoms with van der Waals surface area (Å²) in [6.45, 7) is 8.45. The van der Waals surface area contributed by atoms with E-state index in [-0.39, 0.29) is 53.8 Å². The lowest BCUT2D eigenvalue weighted by Gasteiger charge is -2.34. The molecule has 1 atom stereocenters. The maximum atomic E-state index is 14.0. The van der Waals surface area contributed by atoms with Crippen LogP contribution < -0.4 is 9.46 Å². The summed E-state index contributed by atoms with van der Waals surface area (Å²) in [5.41, 5.74) is 3.46. The second kappa shape index (κ2) is 12.8. The number of carbonyl (C=O) groups is 2. The SMILES string of the molecule is COC(=O)N(C)CCN1C(=O)c2cccc(c2)S(=O)(=O)Nc2nc(cc(-c3c(C)cccc3C)n2)OC[C@H]1CC(C)C. The largest absolute Gasteiger partial charge is 0.475 e. The van der Waals surface area contributed by atoms with Crippen molar-refractivity contribution < 1.29 is 27.5 Å². The van der Waals surface area contributed by atoms with Gasteiger partial charge in [-0.3, -0.25) is 4.79 Å². The zero-order chi connectivity index (χ0) is 30.6. The Morgan fingerprint density at radius 2 is 1.83 bits per heavy atom. The minimum absolute atomic E-state index is 0.0843. The molecule has 2 amide bonds. The molecule has 0 aliphatic carbocycles. The average Bonchev–Trinajstić information content (AvgIpc) is 2.94. The fraction of sp³-hybridized carbons (Fsp3) is 0.400. The van der Waals surface area contributed by atoms with E-state index in [1.165, 1.54) is 30.2 Å². The van der Waals surface area contributed by atoms with Crippen molar-refractivity contribution in [1.29, 1.82) is 0 Å². The van der Waals surface area contributed by atoms with E-state index in [4.69, 9.17) is 9.47 Å². The number of carbonyl (C=O) groups excluding carboxylic acids is 2. The molecule has 42 heavy (non-hydrogen) atoms. The van der Waals surface area contributed by atoms with Crippen LogP contribution in [0.5, 0.6) is 5.88 Å². The van der Waals surface area contributed by atoms with E-state index < -0.39 is 22.2 Å². The van der Waals surface area contributed by atoms with Gasteiger partial charge < -0.3 is 19.3 Å². The van der Waals surface area contributed by atoms with Crippen LogP contribution in [0.15, 0.2) is 53.4 Å². The monoisotopic (exact) mass is 595 g/mol. The van der Waals surface area contributed by atoms with Crippen LogP contribution in [0.25, 0.3) is 11.3 Å². The number of hydrogen-bond donors (Lipinski definition) is 1. The molecule has 0 spiro atoms. The third-order valence-corrected chi connectivity index (χ3v) is 8.41. The molecule has 0 saturated carbocycles. The summed E-state index contributed by atoms with van der Waals surface area (Å²) in [6, 6.07) is 12.9. The number of hydrogen-bond acceptors (Lipinski definition) is 8. The Labute approximate surface area is 246 Å². The van der Waals surface area contributed by atoms with Gasteiger partial charge in [-0.25, -0.2) is 22.9 Å². The summed E-state index contributed by atoms with van der Waals surface area (Å²) >= 11 is 0. The van der Waals surface area contributed by atoms with E-state index in [0.717, 1.165) is 16.7 Å². The summed E-state index contributed by atoms with van der Waals surface area (Å²) in [6.07, 6.45) is 0.0580. The zero-order valence-electron chi connectivity index (χ0n) is 24.7. The maximum absolute atomic E-state index is 14.0. The van der Waals surface area contributed by atoms with Gasteiger partial charge in [-0.05, 0) is 55.5 Å². The van der Waals surface area contributed by atoms with Crippen LogP contribution >= 0.6 is 0 Å². The summed E-state index contributed by atoms with van der Waals surface area (Å²) in [4.78, 5) is 37.9. The molecule has 12 heteroatoms. The number of rotatable bonds is 6. The van der Waals surface area contributed by atoms with Gasteiger partial charge in [-0.15, -0.1) is 0 Å². The van der Waals surface area contributed by atoms with Gasteiger partial charge in [0.15, 0.2) is 0 Å². The first-order valence-electron chi connectivity index (χ1n) is 13.7. The molecule has 0 fully saturated rings. The molecule has 2 aromatic carbocycles. The van der Waals surface area contributed by atoms with Crippen LogP contribution in [0, 0.1) is 19.8 Å². The Bertz CT molecular complexity index is 1560. The minimum Gasteiger partial charge on any atom is -0.475 e. The lowest BCUT2D eigenvalue weighted by atomic mass is 10.00. The van der Waals surface area contributed by atoms with Crippen molar-refractivity contribution in [2.75, 3.05) is 38.6 Å². The van der Waals surface area contributed by atoms with Gasteiger partial charge in [0.05, 0.1) is 23.7 Å². The number of methoxy groups -OCH3 is 1. The Kier molecular flexibility index (Phi) is 9.35. The predicted octanol–water partition coefficient (Wildman–Crippen LogP) is 4.51. The van der Waals surface area contributed by atoms with Crippen LogP contribution in [0.4, 0.5) is 10.7 Å². The lowest BCUT2D eigenvalue weighted by molar-refractivity contribution is 0.0544. The normalized spacial score (nSPS) is 16.4. The van der Waals surface area contributed by atoms with Crippen molar-refractivity contribution in [1.82, 2.24) is 19.8 Å². The molecule has 2 heterocycles. The molecule has 0 radical (unpaired) electrons. The molecular weight excluding hydrogens is 558 g/mol. The highest BCUT2D eigenvalue weighted by atomic mass is 32.2. The van der Waals surface area contributed by atoms with Gasteiger partial charge in [0.1, 0.15) is 6.61 Å². The van der Waals surface area contributed by atoms with E-state index in [2.05, 4.69) is 14.7 Å². The summed E-state index contributed by atoms with van der Waals surface area (Å²) in [5, 5.41) is 0. The van der Waals surface area contributed by atoms with Crippen molar-refractivity contribution in [3.63, 3.8) is 0 Å². The Morgan fingerprint density at radius 3 is 2.50 bits per heavy atom. The molecule has 224 valence electrons. The highest BCUT2D eigenvalue weighted by molar-refractivity contribution is 7.92. The van der Waals surface area contributed by atoms with Crippen molar-refractivity contribution in [3.05, 3.63) is 65.2 Å². The van der Waals surface area contributed by atoms with E-state index in [9.17, 15) is 18.0 Å². The Balaban J connectivity index is 1.85. The molecule has 4 bridgehead atoms. The molecule has 3 aromatic rings. The van der Waals surface area contributed by atoms with Crippen LogP contribution in [0.2, 0.25) is 0 Å². The molecule has 11 nitrogen and oxygen atoms in total. The number of aryl methyl sites for hydroxylation is 2. The third-order valence-electron chi connectivity index (χ3n) is 7.09. The quantitative estimate of drug-likeness (QED) is 0.441. The molecule has 0 saturated heterocycles.